The van der Waals surface area contributed by atoms with Crippen molar-refractivity contribution in [3.8, 4) is 0 Å². The fraction of sp³-hybridized carbons (Fsp3) is 0.708. The Hall–Kier alpha value is -1.15. The Kier molecular flexibility index (Phi) is 6.10. The Morgan fingerprint density at radius 2 is 1.61 bits per heavy atom. The van der Waals surface area contributed by atoms with E-state index in [2.05, 4.69) is 103 Å². The summed E-state index contributed by atoms with van der Waals surface area (Å²) in [5, 5.41) is 0.217. The Labute approximate surface area is 190 Å². The zero-order valence-electron chi connectivity index (χ0n) is 21.4. The van der Waals surface area contributed by atoms with Crippen LogP contribution in [0.1, 0.15) is 62.3 Å². The average molecular weight is 445 g/mol. The predicted molar refractivity (Wildman–Crippen MR) is 132 cm³/mol. The molecule has 0 atom stereocenters. The van der Waals surface area contributed by atoms with Crippen molar-refractivity contribution in [2.45, 2.75) is 98.2 Å². The lowest BCUT2D eigenvalue weighted by molar-refractivity contribution is 0.00578. The predicted octanol–water partition coefficient (Wildman–Crippen LogP) is 5.38. The molecule has 0 saturated carbocycles. The van der Waals surface area contributed by atoms with Crippen LogP contribution in [0.3, 0.4) is 0 Å². The quantitative estimate of drug-likeness (QED) is 0.561. The van der Waals surface area contributed by atoms with Gasteiger partial charge in [-0.15, -0.1) is 0 Å². The lowest BCUT2D eigenvalue weighted by atomic mass is 9.79. The molecule has 1 aliphatic rings. The molecule has 7 heteroatoms. The highest BCUT2D eigenvalue weighted by atomic mass is 28.4. The van der Waals surface area contributed by atoms with Gasteiger partial charge >= 0.3 is 7.12 Å². The molecule has 31 heavy (non-hydrogen) atoms. The van der Waals surface area contributed by atoms with Crippen molar-refractivity contribution in [1.29, 1.82) is 0 Å². The number of rotatable bonds is 6. The van der Waals surface area contributed by atoms with E-state index >= 15 is 0 Å². The summed E-state index contributed by atoms with van der Waals surface area (Å²) < 4.78 is 21.2. The number of nitrogens with zero attached hydrogens (tertiary/aromatic N) is 2. The van der Waals surface area contributed by atoms with Gasteiger partial charge in [-0.2, -0.15) is 0 Å². The summed E-state index contributed by atoms with van der Waals surface area (Å²) in [4.78, 5) is 4.68. The summed E-state index contributed by atoms with van der Waals surface area (Å²) in [5.74, 6) is 0. The van der Waals surface area contributed by atoms with Crippen LogP contribution in [0.5, 0.6) is 0 Å². The third-order valence-electron chi connectivity index (χ3n) is 7.40. The fourth-order valence-corrected chi connectivity index (χ4v) is 4.62. The van der Waals surface area contributed by atoms with Crippen molar-refractivity contribution in [1.82, 2.24) is 9.55 Å². The molecule has 3 rings (SSSR count). The van der Waals surface area contributed by atoms with Gasteiger partial charge in [0.1, 0.15) is 0 Å². The zero-order valence-corrected chi connectivity index (χ0v) is 22.4. The SMILES string of the molecule is CC(C)(CO[Si](C)(C)C(C)(C)C)Cn1cnc2cc(B3OC(C)(C)C(C)(C)O3)ccc21. The molecule has 1 aliphatic heterocycles. The second-order valence-corrected chi connectivity index (χ2v) is 17.2. The van der Waals surface area contributed by atoms with E-state index in [0.717, 1.165) is 29.6 Å². The Bertz CT molecular complexity index is 928. The van der Waals surface area contributed by atoms with E-state index in [1.807, 2.05) is 6.33 Å². The average Bonchev–Trinajstić information content (AvgIpc) is 3.09. The summed E-state index contributed by atoms with van der Waals surface area (Å²) in [6, 6.07) is 6.32. The normalized spacial score (nSPS) is 19.4. The molecule has 1 aromatic heterocycles. The number of hydrogen-bond acceptors (Lipinski definition) is 4. The molecule has 5 nitrogen and oxygen atoms in total. The van der Waals surface area contributed by atoms with Gasteiger partial charge in [0, 0.05) is 18.6 Å². The number of hydrogen-bond donors (Lipinski definition) is 0. The molecule has 0 spiro atoms. The smallest absolute Gasteiger partial charge is 0.416 e. The highest BCUT2D eigenvalue weighted by Crippen LogP contribution is 2.38. The first-order valence-corrected chi connectivity index (χ1v) is 14.3. The van der Waals surface area contributed by atoms with Gasteiger partial charge in [0.2, 0.25) is 0 Å². The second-order valence-electron chi connectivity index (χ2n) is 12.4. The standard InChI is InChI=1S/C24H41BN2O3Si/c1-21(2,3)31(10,11)28-16-22(4,5)15-27-17-26-19-14-18(12-13-20(19)27)25-29-23(6,7)24(8,9)30-25/h12-14,17H,15-16H2,1-11H3. The highest BCUT2D eigenvalue weighted by molar-refractivity contribution is 6.74. The van der Waals surface area contributed by atoms with E-state index in [1.165, 1.54) is 0 Å². The molecule has 1 aromatic carbocycles. The molecule has 0 aliphatic carbocycles. The van der Waals surface area contributed by atoms with Crippen LogP contribution in [0.15, 0.2) is 24.5 Å². The number of imidazole rings is 1. The number of aromatic nitrogens is 2. The largest absolute Gasteiger partial charge is 0.494 e. The van der Waals surface area contributed by atoms with Gasteiger partial charge in [0.15, 0.2) is 8.32 Å². The van der Waals surface area contributed by atoms with Crippen molar-refractivity contribution in [2.75, 3.05) is 6.61 Å². The van der Waals surface area contributed by atoms with E-state index in [0.29, 0.717) is 0 Å². The van der Waals surface area contributed by atoms with Crippen LogP contribution in [0, 0.1) is 5.41 Å². The minimum atomic E-state index is -1.77. The summed E-state index contributed by atoms with van der Waals surface area (Å²) >= 11 is 0. The highest BCUT2D eigenvalue weighted by Gasteiger charge is 2.51. The van der Waals surface area contributed by atoms with Crippen LogP contribution < -0.4 is 5.46 Å². The van der Waals surface area contributed by atoms with E-state index in [1.54, 1.807) is 0 Å². The third-order valence-corrected chi connectivity index (χ3v) is 11.9. The summed E-state index contributed by atoms with van der Waals surface area (Å²) in [7, 11) is -2.14. The van der Waals surface area contributed by atoms with E-state index in [4.69, 9.17) is 13.7 Å². The minimum absolute atomic E-state index is 0.00748. The molecule has 0 bridgehead atoms. The topological polar surface area (TPSA) is 45.5 Å². The van der Waals surface area contributed by atoms with E-state index < -0.39 is 8.32 Å². The molecule has 0 unspecified atom stereocenters. The molecule has 2 aromatic rings. The Morgan fingerprint density at radius 1 is 1.03 bits per heavy atom. The second kappa shape index (κ2) is 7.72. The molecular formula is C24H41BN2O3Si. The van der Waals surface area contributed by atoms with Crippen LogP contribution in [0.2, 0.25) is 18.1 Å². The molecule has 1 saturated heterocycles. The van der Waals surface area contributed by atoms with Crippen LogP contribution in [-0.2, 0) is 20.3 Å². The van der Waals surface area contributed by atoms with Gasteiger partial charge in [-0.1, -0.05) is 40.7 Å². The van der Waals surface area contributed by atoms with Crippen molar-refractivity contribution >= 4 is 31.9 Å². The monoisotopic (exact) mass is 444 g/mol. The lowest BCUT2D eigenvalue weighted by Gasteiger charge is -2.39. The maximum absolute atomic E-state index is 6.52. The van der Waals surface area contributed by atoms with Crippen LogP contribution >= 0.6 is 0 Å². The molecule has 0 N–H and O–H groups in total. The summed E-state index contributed by atoms with van der Waals surface area (Å²) in [5.41, 5.74) is 2.42. The number of benzene rings is 1. The Balaban J connectivity index is 1.75. The first kappa shape index (κ1) is 24.5. The minimum Gasteiger partial charge on any atom is -0.416 e. The van der Waals surface area contributed by atoms with Crippen LogP contribution in [0.4, 0.5) is 0 Å². The molecule has 172 valence electrons. The molecular weight excluding hydrogens is 403 g/mol. The fourth-order valence-electron chi connectivity index (χ4n) is 3.43. The van der Waals surface area contributed by atoms with Gasteiger partial charge in [0.05, 0.1) is 28.6 Å². The van der Waals surface area contributed by atoms with Crippen molar-refractivity contribution in [2.24, 2.45) is 5.41 Å². The lowest BCUT2D eigenvalue weighted by Crippen LogP contribution is -2.43. The molecule has 0 radical (unpaired) electrons. The van der Waals surface area contributed by atoms with E-state index in [9.17, 15) is 0 Å². The molecule has 1 fully saturated rings. The molecule has 0 amide bonds. The van der Waals surface area contributed by atoms with Crippen molar-refractivity contribution in [3.63, 3.8) is 0 Å². The first-order chi connectivity index (χ1) is 13.9. The van der Waals surface area contributed by atoms with Crippen molar-refractivity contribution < 1.29 is 13.7 Å². The summed E-state index contributed by atoms with van der Waals surface area (Å²) in [6.45, 7) is 25.9. The van der Waals surface area contributed by atoms with Gasteiger partial charge < -0.3 is 18.3 Å². The van der Waals surface area contributed by atoms with Crippen LogP contribution in [0.25, 0.3) is 11.0 Å². The van der Waals surface area contributed by atoms with Gasteiger partial charge in [-0.25, -0.2) is 4.98 Å². The Morgan fingerprint density at radius 3 is 2.16 bits per heavy atom. The third kappa shape index (κ3) is 4.95. The first-order valence-electron chi connectivity index (χ1n) is 11.4. The van der Waals surface area contributed by atoms with Crippen molar-refractivity contribution in [3.05, 3.63) is 24.5 Å². The van der Waals surface area contributed by atoms with Gasteiger partial charge in [-0.05, 0) is 63.4 Å². The summed E-state index contributed by atoms with van der Waals surface area (Å²) in [6.07, 6.45) is 1.94. The maximum Gasteiger partial charge on any atom is 0.494 e. The zero-order chi connectivity index (χ0) is 23.5. The van der Waals surface area contributed by atoms with Gasteiger partial charge in [-0.3, -0.25) is 0 Å². The van der Waals surface area contributed by atoms with Crippen LogP contribution in [-0.4, -0.2) is 42.8 Å². The molecule has 2 heterocycles. The number of fused-ring (bicyclic) bond motifs is 1. The maximum atomic E-state index is 6.52. The van der Waals surface area contributed by atoms with Gasteiger partial charge in [0.25, 0.3) is 0 Å². The van der Waals surface area contributed by atoms with E-state index in [-0.39, 0.29) is 28.8 Å².